The van der Waals surface area contributed by atoms with Crippen LogP contribution in [0.5, 0.6) is 0 Å². The average molecular weight is 313 g/mol. The number of rotatable bonds is 3. The van der Waals surface area contributed by atoms with Crippen LogP contribution in [0.1, 0.15) is 15.4 Å². The summed E-state index contributed by atoms with van der Waals surface area (Å²) in [5.41, 5.74) is 1.47. The van der Waals surface area contributed by atoms with Crippen molar-refractivity contribution in [2.75, 3.05) is 5.32 Å². The zero-order chi connectivity index (χ0) is 15.5. The molecule has 3 rings (SSSR count). The summed E-state index contributed by atoms with van der Waals surface area (Å²) in [7, 11) is 0. The third-order valence-electron chi connectivity index (χ3n) is 2.80. The van der Waals surface area contributed by atoms with Gasteiger partial charge < -0.3 is 0 Å². The molecule has 22 heavy (non-hydrogen) atoms. The van der Waals surface area contributed by atoms with Gasteiger partial charge in [0.15, 0.2) is 5.13 Å². The number of anilines is 1. The molecule has 6 nitrogen and oxygen atoms in total. The normalized spacial score (nSPS) is 10.2. The number of amides is 1. The molecule has 0 radical (unpaired) electrons. The molecule has 0 spiro atoms. The standard InChI is InChI=1S/C14H8FN5OS/c15-9-3-1-8(2-4-9)11-5-12(20-19-11)13(21)18-14-17-7-10(6-16)22-14/h1-5,7H,(H,19,20)(H,17,18,21). The van der Waals surface area contributed by atoms with Crippen molar-refractivity contribution >= 4 is 22.4 Å². The van der Waals surface area contributed by atoms with Gasteiger partial charge in [0.2, 0.25) is 0 Å². The van der Waals surface area contributed by atoms with Crippen LogP contribution < -0.4 is 5.32 Å². The molecular formula is C14H8FN5OS. The van der Waals surface area contributed by atoms with E-state index in [9.17, 15) is 9.18 Å². The summed E-state index contributed by atoms with van der Waals surface area (Å²) in [6, 6.07) is 9.30. The van der Waals surface area contributed by atoms with Gasteiger partial charge in [0.1, 0.15) is 22.5 Å². The molecule has 0 aliphatic heterocycles. The van der Waals surface area contributed by atoms with Gasteiger partial charge in [-0.3, -0.25) is 15.2 Å². The first kappa shape index (κ1) is 13.9. The maximum absolute atomic E-state index is 12.9. The van der Waals surface area contributed by atoms with Gasteiger partial charge in [0, 0.05) is 5.56 Å². The highest BCUT2D eigenvalue weighted by atomic mass is 32.1. The lowest BCUT2D eigenvalue weighted by Crippen LogP contribution is -2.11. The van der Waals surface area contributed by atoms with Gasteiger partial charge in [-0.2, -0.15) is 10.4 Å². The van der Waals surface area contributed by atoms with E-state index in [1.807, 2.05) is 6.07 Å². The SMILES string of the molecule is N#Cc1cnc(NC(=O)c2cc(-c3ccc(F)cc3)n[nH]2)s1. The molecule has 0 aliphatic carbocycles. The Hall–Kier alpha value is -3.05. The third-order valence-corrected chi connectivity index (χ3v) is 3.62. The molecule has 2 heterocycles. The monoisotopic (exact) mass is 313 g/mol. The molecular weight excluding hydrogens is 305 g/mol. The first-order valence-electron chi connectivity index (χ1n) is 6.14. The van der Waals surface area contributed by atoms with Gasteiger partial charge in [0.05, 0.1) is 11.9 Å². The number of hydrogen-bond acceptors (Lipinski definition) is 5. The second-order valence-electron chi connectivity index (χ2n) is 4.27. The van der Waals surface area contributed by atoms with Gasteiger partial charge in [-0.25, -0.2) is 9.37 Å². The molecule has 108 valence electrons. The van der Waals surface area contributed by atoms with Gasteiger partial charge >= 0.3 is 0 Å². The Balaban J connectivity index is 1.77. The lowest BCUT2D eigenvalue weighted by molar-refractivity contribution is 0.102. The molecule has 0 bridgehead atoms. The van der Waals surface area contributed by atoms with E-state index in [1.165, 1.54) is 18.3 Å². The van der Waals surface area contributed by atoms with E-state index in [2.05, 4.69) is 20.5 Å². The topological polar surface area (TPSA) is 94.5 Å². The largest absolute Gasteiger partial charge is 0.296 e. The van der Waals surface area contributed by atoms with Crippen molar-refractivity contribution in [3.8, 4) is 17.3 Å². The number of carbonyl (C=O) groups excluding carboxylic acids is 1. The van der Waals surface area contributed by atoms with Crippen LogP contribution in [0.25, 0.3) is 11.3 Å². The van der Waals surface area contributed by atoms with Crippen LogP contribution in [-0.2, 0) is 0 Å². The minimum atomic E-state index is -0.417. The van der Waals surface area contributed by atoms with Crippen molar-refractivity contribution in [3.05, 3.63) is 52.9 Å². The van der Waals surface area contributed by atoms with Crippen molar-refractivity contribution in [3.63, 3.8) is 0 Å². The smallest absolute Gasteiger partial charge is 0.275 e. The molecule has 0 saturated heterocycles. The number of nitriles is 1. The van der Waals surface area contributed by atoms with Crippen LogP contribution in [0.2, 0.25) is 0 Å². The highest BCUT2D eigenvalue weighted by molar-refractivity contribution is 7.16. The van der Waals surface area contributed by atoms with Gasteiger partial charge in [-0.15, -0.1) is 0 Å². The van der Waals surface area contributed by atoms with E-state index >= 15 is 0 Å². The molecule has 2 N–H and O–H groups in total. The van der Waals surface area contributed by atoms with Crippen LogP contribution in [0.15, 0.2) is 36.5 Å². The van der Waals surface area contributed by atoms with Gasteiger partial charge in [-0.1, -0.05) is 11.3 Å². The molecule has 0 fully saturated rings. The first-order chi connectivity index (χ1) is 10.7. The minimum Gasteiger partial charge on any atom is -0.296 e. The second-order valence-corrected chi connectivity index (χ2v) is 5.30. The number of aromatic amines is 1. The van der Waals surface area contributed by atoms with Crippen molar-refractivity contribution < 1.29 is 9.18 Å². The number of nitrogens with zero attached hydrogens (tertiary/aromatic N) is 3. The Bertz CT molecular complexity index is 862. The second kappa shape index (κ2) is 5.75. The predicted octanol–water partition coefficient (Wildman–Crippen LogP) is 2.80. The molecule has 3 aromatic rings. The Labute approximate surface area is 128 Å². The zero-order valence-electron chi connectivity index (χ0n) is 11.0. The molecule has 0 unspecified atom stereocenters. The molecule has 0 atom stereocenters. The third kappa shape index (κ3) is 2.84. The van der Waals surface area contributed by atoms with Crippen molar-refractivity contribution in [2.45, 2.75) is 0 Å². The lowest BCUT2D eigenvalue weighted by atomic mass is 10.1. The van der Waals surface area contributed by atoms with E-state index in [1.54, 1.807) is 18.2 Å². The Morgan fingerprint density at radius 2 is 2.14 bits per heavy atom. The van der Waals surface area contributed by atoms with Gasteiger partial charge in [0.25, 0.3) is 5.91 Å². The maximum Gasteiger partial charge on any atom is 0.275 e. The fraction of sp³-hybridized carbons (Fsp3) is 0. The summed E-state index contributed by atoms with van der Waals surface area (Å²) in [5, 5.41) is 18.3. The molecule has 0 aliphatic rings. The first-order valence-corrected chi connectivity index (χ1v) is 6.96. The lowest BCUT2D eigenvalue weighted by Gasteiger charge is -1.97. The van der Waals surface area contributed by atoms with E-state index in [0.29, 0.717) is 21.3 Å². The Morgan fingerprint density at radius 3 is 2.82 bits per heavy atom. The van der Waals surface area contributed by atoms with Crippen LogP contribution in [0, 0.1) is 17.1 Å². The quantitative estimate of drug-likeness (QED) is 0.777. The Kier molecular flexibility index (Phi) is 3.64. The highest BCUT2D eigenvalue weighted by Crippen LogP contribution is 2.20. The maximum atomic E-state index is 12.9. The summed E-state index contributed by atoms with van der Waals surface area (Å²) in [5.74, 6) is -0.756. The fourth-order valence-corrected chi connectivity index (χ4v) is 2.36. The van der Waals surface area contributed by atoms with Crippen LogP contribution >= 0.6 is 11.3 Å². The zero-order valence-corrected chi connectivity index (χ0v) is 11.8. The van der Waals surface area contributed by atoms with Crippen LogP contribution in [0.3, 0.4) is 0 Å². The summed E-state index contributed by atoms with van der Waals surface area (Å²) in [6.07, 6.45) is 1.39. The van der Waals surface area contributed by atoms with Crippen LogP contribution in [-0.4, -0.2) is 21.1 Å². The fourth-order valence-electron chi connectivity index (χ4n) is 1.75. The number of carbonyl (C=O) groups is 1. The number of H-pyrrole nitrogens is 1. The predicted molar refractivity (Wildman–Crippen MR) is 78.8 cm³/mol. The van der Waals surface area contributed by atoms with E-state index in [4.69, 9.17) is 5.26 Å². The average Bonchev–Trinajstić information content (AvgIpc) is 3.17. The minimum absolute atomic E-state index is 0.244. The van der Waals surface area contributed by atoms with E-state index in [0.717, 1.165) is 11.3 Å². The number of hydrogen-bond donors (Lipinski definition) is 2. The Morgan fingerprint density at radius 1 is 1.36 bits per heavy atom. The number of thiazole rings is 1. The van der Waals surface area contributed by atoms with Crippen molar-refractivity contribution in [1.82, 2.24) is 15.2 Å². The van der Waals surface area contributed by atoms with E-state index < -0.39 is 5.91 Å². The molecule has 2 aromatic heterocycles. The number of nitrogens with one attached hydrogen (secondary N) is 2. The van der Waals surface area contributed by atoms with Crippen molar-refractivity contribution in [1.29, 1.82) is 5.26 Å². The number of aromatic nitrogens is 3. The number of benzene rings is 1. The molecule has 0 saturated carbocycles. The van der Waals surface area contributed by atoms with Crippen molar-refractivity contribution in [2.24, 2.45) is 0 Å². The summed E-state index contributed by atoms with van der Waals surface area (Å²) >= 11 is 1.08. The van der Waals surface area contributed by atoms with E-state index in [-0.39, 0.29) is 11.5 Å². The summed E-state index contributed by atoms with van der Waals surface area (Å²) in [6.45, 7) is 0. The molecule has 8 heteroatoms. The molecule has 1 amide bonds. The van der Waals surface area contributed by atoms with Crippen LogP contribution in [0.4, 0.5) is 9.52 Å². The summed E-state index contributed by atoms with van der Waals surface area (Å²) in [4.78, 5) is 16.4. The summed E-state index contributed by atoms with van der Waals surface area (Å²) < 4.78 is 12.9. The van der Waals surface area contributed by atoms with Gasteiger partial charge in [-0.05, 0) is 30.3 Å². The molecule has 1 aromatic carbocycles. The highest BCUT2D eigenvalue weighted by Gasteiger charge is 2.13. The number of halogens is 1.